The van der Waals surface area contributed by atoms with Crippen molar-refractivity contribution in [3.8, 4) is 0 Å². The zero-order valence-electron chi connectivity index (χ0n) is 34.3. The molecule has 5 rings (SSSR count). The smallest absolute Gasteiger partial charge is 0.326 e. The molecule has 63 heavy (non-hydrogen) atoms. The van der Waals surface area contributed by atoms with Gasteiger partial charge in [-0.2, -0.15) is 11.8 Å². The van der Waals surface area contributed by atoms with E-state index in [4.69, 9.17) is 23.7 Å². The lowest BCUT2D eigenvalue weighted by Crippen LogP contribution is -2.71. The summed E-state index contributed by atoms with van der Waals surface area (Å²) < 4.78 is 28.7. The Morgan fingerprint density at radius 2 is 1.32 bits per heavy atom. The summed E-state index contributed by atoms with van der Waals surface area (Å²) in [6.45, 7) is -0.520. The van der Waals surface area contributed by atoms with E-state index in [0.29, 0.717) is 19.3 Å². The van der Waals surface area contributed by atoms with Crippen LogP contribution in [0.15, 0.2) is 0 Å². The van der Waals surface area contributed by atoms with Gasteiger partial charge in [-0.25, -0.2) is 9.59 Å². The first-order chi connectivity index (χ1) is 29.9. The number of urea groups is 1. The van der Waals surface area contributed by atoms with Crippen molar-refractivity contribution in [2.24, 2.45) is 0 Å². The van der Waals surface area contributed by atoms with Gasteiger partial charge in [0.15, 0.2) is 18.8 Å². The van der Waals surface area contributed by atoms with E-state index in [-0.39, 0.29) is 29.8 Å². The molecule has 10 unspecified atom stereocenters. The lowest BCUT2D eigenvalue weighted by Gasteiger charge is -2.49. The Kier molecular flexibility index (Phi) is 18.1. The molecule has 5 aliphatic heterocycles. The van der Waals surface area contributed by atoms with Crippen LogP contribution in [0.4, 0.5) is 4.79 Å². The van der Waals surface area contributed by atoms with Gasteiger partial charge in [-0.1, -0.05) is 6.42 Å². The van der Waals surface area contributed by atoms with Crippen molar-refractivity contribution in [3.63, 3.8) is 0 Å². The number of aliphatic carboxylic acids is 1. The van der Waals surface area contributed by atoms with Crippen LogP contribution >= 0.6 is 11.8 Å². The zero-order chi connectivity index (χ0) is 46.3. The number of carbonyl (C=O) groups excluding carboxylic acids is 5. The molecular weight excluding hydrogens is 868 g/mol. The minimum atomic E-state index is -1.93. The highest BCUT2D eigenvalue weighted by Crippen LogP contribution is 2.34. The second kappa shape index (κ2) is 22.6. The molecule has 5 saturated heterocycles. The van der Waals surface area contributed by atoms with Gasteiger partial charge in [0.25, 0.3) is 0 Å². The average molecular weight is 927 g/mol. The highest BCUT2D eigenvalue weighted by Gasteiger charge is 2.54. The van der Waals surface area contributed by atoms with E-state index in [1.165, 1.54) is 0 Å². The summed E-state index contributed by atoms with van der Waals surface area (Å²) >= 11 is 1.71. The van der Waals surface area contributed by atoms with Gasteiger partial charge in [0.2, 0.25) is 23.6 Å². The number of hydrogen-bond donors (Lipinski definition) is 15. The van der Waals surface area contributed by atoms with Gasteiger partial charge in [0.05, 0.1) is 38.3 Å². The molecular formula is C36H58N6O20S. The topological polar surface area (TPSA) is 403 Å². The summed E-state index contributed by atoms with van der Waals surface area (Å²) in [5.74, 6) is -3.91. The molecule has 0 aliphatic carbocycles. The van der Waals surface area contributed by atoms with Crippen LogP contribution in [0.25, 0.3) is 0 Å². The standard InChI is InChI=1S/C36H58N6O20S/c1-12(46)37-23-26(51)30(61-34-24(38-13(2)47)27(52)31(18(10-45)60-34)62-35-29(54)28(53)25(50)16(8-43)59-35)17(9-44)58-32(23)41-21(49)7-14(33(55)56)39-20(48)6-4-3-5-19-22-15(11-63-19)40-36(57)42-22/h14-19,22-32,34-35,43-45,50-54H,3-11H2,1-2H3,(H,37,46)(H,38,47)(H,39,48)(H,41,49)(H,55,56)(H2,40,42,57)/t14?,15?,16?,17?,18?,19?,22?,23?,24?,25-,26-,27-,28+,29?,30-,31-,32-,34+,35+/m1/s1. The highest BCUT2D eigenvalue weighted by atomic mass is 32.2. The number of unbranched alkanes of at least 4 members (excludes halogenated alkanes) is 1. The van der Waals surface area contributed by atoms with Crippen LogP contribution in [0, 0.1) is 0 Å². The number of hydrogen-bond acceptors (Lipinski definition) is 20. The van der Waals surface area contributed by atoms with Crippen molar-refractivity contribution in [1.82, 2.24) is 31.9 Å². The molecule has 0 aromatic carbocycles. The molecule has 5 heterocycles. The quantitative estimate of drug-likeness (QED) is 0.0423. The highest BCUT2D eigenvalue weighted by molar-refractivity contribution is 8.00. The summed E-state index contributed by atoms with van der Waals surface area (Å²) in [5, 5.41) is 109. The normalized spacial score (nSPS) is 39.2. The molecule has 0 saturated carbocycles. The molecule has 0 aromatic heterocycles. The molecule has 0 spiro atoms. The molecule has 0 aromatic rings. The van der Waals surface area contributed by atoms with Gasteiger partial charge in [-0.3, -0.25) is 19.2 Å². The third-order valence-electron chi connectivity index (χ3n) is 11.3. The van der Waals surface area contributed by atoms with Gasteiger partial charge < -0.3 is 102 Å². The van der Waals surface area contributed by atoms with E-state index in [1.54, 1.807) is 11.8 Å². The predicted octanol–water partition coefficient (Wildman–Crippen LogP) is -7.48. The SMILES string of the molecule is CC(=O)NC1[C@H](O[C@@H]2C(CO)O[C@@H](NC(=O)CC(NC(=O)CCCCC3SCC4NC(=O)NC43)C(=O)O)C(NC(C)=O)[C@H]2O)OC(CO)[C@@H](O[C@@H]2OC(CO)[C@@H](O)[C@H](O)C2O)[C@@H]1O. The second-order valence-electron chi connectivity index (χ2n) is 15.9. The van der Waals surface area contributed by atoms with E-state index in [9.17, 15) is 74.7 Å². The number of amides is 6. The average Bonchev–Trinajstić information content (AvgIpc) is 3.79. The first-order valence-corrected chi connectivity index (χ1v) is 21.5. The summed E-state index contributed by atoms with van der Waals surface area (Å²) in [7, 11) is 0. The van der Waals surface area contributed by atoms with E-state index < -0.39 is 154 Å². The van der Waals surface area contributed by atoms with Crippen molar-refractivity contribution >= 4 is 47.4 Å². The van der Waals surface area contributed by atoms with E-state index >= 15 is 0 Å². The maximum Gasteiger partial charge on any atom is 0.326 e. The van der Waals surface area contributed by atoms with Crippen molar-refractivity contribution in [1.29, 1.82) is 0 Å². The van der Waals surface area contributed by atoms with Gasteiger partial charge in [-0.15, -0.1) is 0 Å². The van der Waals surface area contributed by atoms with Gasteiger partial charge in [0.1, 0.15) is 79.2 Å². The fourth-order valence-electron chi connectivity index (χ4n) is 8.16. The fourth-order valence-corrected chi connectivity index (χ4v) is 9.70. The Labute approximate surface area is 364 Å². The van der Waals surface area contributed by atoms with Crippen LogP contribution in [0.3, 0.4) is 0 Å². The lowest BCUT2D eigenvalue weighted by atomic mass is 9.93. The number of carboxylic acid groups (broad SMARTS) is 1. The van der Waals surface area contributed by atoms with E-state index in [2.05, 4.69) is 31.9 Å². The van der Waals surface area contributed by atoms with Crippen molar-refractivity contribution in [2.75, 3.05) is 25.6 Å². The largest absolute Gasteiger partial charge is 0.480 e. The first kappa shape index (κ1) is 50.4. The molecule has 5 aliphatic rings. The molecule has 358 valence electrons. The number of rotatable bonds is 19. The van der Waals surface area contributed by atoms with Gasteiger partial charge >= 0.3 is 12.0 Å². The number of nitrogens with one attached hydrogen (secondary N) is 6. The third kappa shape index (κ3) is 12.4. The summed E-state index contributed by atoms with van der Waals surface area (Å²) in [5.41, 5.74) is 0. The Morgan fingerprint density at radius 3 is 1.94 bits per heavy atom. The summed E-state index contributed by atoms with van der Waals surface area (Å²) in [4.78, 5) is 74.4. The van der Waals surface area contributed by atoms with Gasteiger partial charge in [0, 0.05) is 31.3 Å². The Balaban J connectivity index is 1.21. The molecule has 6 amide bonds. The Bertz CT molecular complexity index is 1620. The maximum absolute atomic E-state index is 13.3. The molecule has 0 bridgehead atoms. The fraction of sp³-hybridized carbons (Fsp3) is 0.833. The monoisotopic (exact) mass is 926 g/mol. The number of ether oxygens (including phenoxy) is 5. The third-order valence-corrected chi connectivity index (χ3v) is 12.8. The zero-order valence-corrected chi connectivity index (χ0v) is 35.1. The van der Waals surface area contributed by atoms with E-state index in [0.717, 1.165) is 19.6 Å². The number of fused-ring (bicyclic) bond motifs is 1. The Hall–Kier alpha value is -3.55. The van der Waals surface area contributed by atoms with Crippen molar-refractivity contribution < 1.29 is 98.4 Å². The summed E-state index contributed by atoms with van der Waals surface area (Å²) in [6.07, 6.45) is -21.6. The number of aliphatic hydroxyl groups excluding tert-OH is 8. The molecule has 27 heteroatoms. The lowest BCUT2D eigenvalue weighted by molar-refractivity contribution is -0.358. The minimum absolute atomic E-state index is 0.00865. The van der Waals surface area contributed by atoms with Crippen LogP contribution < -0.4 is 31.9 Å². The maximum atomic E-state index is 13.3. The van der Waals surface area contributed by atoms with Crippen LogP contribution in [0.5, 0.6) is 0 Å². The molecule has 19 atom stereocenters. The van der Waals surface area contributed by atoms with Crippen LogP contribution in [-0.2, 0) is 47.7 Å². The molecule has 0 radical (unpaired) electrons. The van der Waals surface area contributed by atoms with Crippen LogP contribution in [0.2, 0.25) is 0 Å². The predicted molar refractivity (Wildman–Crippen MR) is 209 cm³/mol. The molecule has 26 nitrogen and oxygen atoms in total. The van der Waals surface area contributed by atoms with E-state index in [1.807, 2.05) is 0 Å². The number of thioether (sulfide) groups is 1. The second-order valence-corrected chi connectivity index (χ2v) is 17.2. The number of carbonyl (C=O) groups is 6. The Morgan fingerprint density at radius 1 is 0.730 bits per heavy atom. The van der Waals surface area contributed by atoms with Crippen molar-refractivity contribution in [3.05, 3.63) is 0 Å². The van der Waals surface area contributed by atoms with Gasteiger partial charge in [-0.05, 0) is 12.8 Å². The summed E-state index contributed by atoms with van der Waals surface area (Å²) in [6, 6.07) is -5.06. The van der Waals surface area contributed by atoms with Crippen LogP contribution in [0.1, 0.15) is 46.0 Å². The molecule has 15 N–H and O–H groups in total. The van der Waals surface area contributed by atoms with Crippen molar-refractivity contribution in [2.45, 2.75) is 161 Å². The minimum Gasteiger partial charge on any atom is -0.480 e. The van der Waals surface area contributed by atoms with Crippen LogP contribution in [-0.4, -0.2) is 222 Å². The number of carboxylic acids is 1. The first-order valence-electron chi connectivity index (χ1n) is 20.4. The number of aliphatic hydroxyl groups is 8. The molecule has 5 fully saturated rings.